The van der Waals surface area contributed by atoms with Crippen LogP contribution in [0.4, 0.5) is 5.82 Å². The van der Waals surface area contributed by atoms with Crippen LogP contribution in [-0.4, -0.2) is 9.97 Å². The average molecular weight is 135 g/mol. The topological polar surface area (TPSA) is 64.9 Å². The Hall–Kier alpha value is -1.58. The molecule has 2 rings (SSSR count). The molecule has 10 heavy (non-hydrogen) atoms. The van der Waals surface area contributed by atoms with E-state index in [0.717, 1.165) is 5.52 Å². The summed E-state index contributed by atoms with van der Waals surface area (Å²) >= 11 is 0. The number of fused-ring (bicyclic) bond motifs is 1. The zero-order valence-electron chi connectivity index (χ0n) is 5.11. The largest absolute Gasteiger partial charge is 0.443 e. The normalized spacial score (nSPS) is 10.4. The molecule has 0 saturated carbocycles. The van der Waals surface area contributed by atoms with E-state index in [4.69, 9.17) is 10.2 Å². The highest BCUT2D eigenvalue weighted by atomic mass is 16.3. The van der Waals surface area contributed by atoms with Gasteiger partial charge in [-0.3, -0.25) is 0 Å². The quantitative estimate of drug-likeness (QED) is 0.580. The monoisotopic (exact) mass is 135 g/mol. The van der Waals surface area contributed by atoms with Gasteiger partial charge in [-0.05, 0) is 0 Å². The minimum Gasteiger partial charge on any atom is -0.443 e. The fourth-order valence-electron chi connectivity index (χ4n) is 0.776. The summed E-state index contributed by atoms with van der Waals surface area (Å²) in [6.07, 6.45) is 2.94. The van der Waals surface area contributed by atoms with E-state index in [1.54, 1.807) is 12.3 Å². The fraction of sp³-hybridized carbons (Fsp3) is 0. The van der Waals surface area contributed by atoms with Gasteiger partial charge in [0.15, 0.2) is 12.0 Å². The lowest BCUT2D eigenvalue weighted by atomic mass is 10.4. The molecule has 2 N–H and O–H groups in total. The second kappa shape index (κ2) is 1.70. The number of nitrogen functional groups attached to an aromatic ring is 1. The maximum absolute atomic E-state index is 5.38. The van der Waals surface area contributed by atoms with Crippen LogP contribution in [0.25, 0.3) is 11.1 Å². The summed E-state index contributed by atoms with van der Waals surface area (Å²) in [7, 11) is 0. The van der Waals surface area contributed by atoms with Gasteiger partial charge >= 0.3 is 0 Å². The minimum absolute atomic E-state index is 0.448. The van der Waals surface area contributed by atoms with E-state index in [1.807, 2.05) is 0 Å². The summed E-state index contributed by atoms with van der Waals surface area (Å²) < 4.78 is 4.97. The summed E-state index contributed by atoms with van der Waals surface area (Å²) in [5.74, 6) is 0.448. The highest BCUT2D eigenvalue weighted by molar-refractivity contribution is 5.73. The second-order valence-corrected chi connectivity index (χ2v) is 1.93. The molecule has 0 aliphatic carbocycles. The summed E-state index contributed by atoms with van der Waals surface area (Å²) in [6, 6.07) is 1.64. The zero-order valence-corrected chi connectivity index (χ0v) is 5.11. The van der Waals surface area contributed by atoms with Gasteiger partial charge in [0, 0.05) is 6.07 Å². The Labute approximate surface area is 56.7 Å². The first-order valence-corrected chi connectivity index (χ1v) is 2.81. The van der Waals surface area contributed by atoms with Crippen molar-refractivity contribution in [3.05, 3.63) is 18.7 Å². The smallest absolute Gasteiger partial charge is 0.182 e. The highest BCUT2D eigenvalue weighted by Gasteiger charge is 1.96. The van der Waals surface area contributed by atoms with Gasteiger partial charge in [-0.1, -0.05) is 0 Å². The average Bonchev–Trinajstić information content (AvgIpc) is 2.33. The van der Waals surface area contributed by atoms with Crippen molar-refractivity contribution in [1.82, 2.24) is 9.97 Å². The van der Waals surface area contributed by atoms with Gasteiger partial charge in [-0.15, -0.1) is 0 Å². The van der Waals surface area contributed by atoms with Crippen LogP contribution < -0.4 is 5.73 Å². The minimum atomic E-state index is 0.448. The molecule has 0 bridgehead atoms. The van der Waals surface area contributed by atoms with Gasteiger partial charge in [0.25, 0.3) is 0 Å². The predicted octanol–water partition coefficient (Wildman–Crippen LogP) is 0.805. The van der Waals surface area contributed by atoms with Crippen LogP contribution in [0.3, 0.4) is 0 Å². The molecule has 0 atom stereocenters. The molecule has 2 heterocycles. The molecule has 4 nitrogen and oxygen atoms in total. The first-order chi connectivity index (χ1) is 4.86. The predicted molar refractivity (Wildman–Crippen MR) is 36.2 cm³/mol. The molecule has 4 heteroatoms. The number of rotatable bonds is 0. The molecule has 0 fully saturated rings. The summed E-state index contributed by atoms with van der Waals surface area (Å²) in [6.45, 7) is 0. The standard InChI is InChI=1S/C6H5N3O/c7-6-1-5-4(2-8-6)9-3-10-5/h1-3H,(H2,7,8). The number of nitrogens with zero attached hydrogens (tertiary/aromatic N) is 2. The van der Waals surface area contributed by atoms with E-state index < -0.39 is 0 Å². The molecule has 50 valence electrons. The maximum atomic E-state index is 5.38. The van der Waals surface area contributed by atoms with E-state index in [0.29, 0.717) is 11.4 Å². The lowest BCUT2D eigenvalue weighted by molar-refractivity contribution is 0.602. The summed E-state index contributed by atoms with van der Waals surface area (Å²) in [5, 5.41) is 0. The molecule has 0 aliphatic rings. The van der Waals surface area contributed by atoms with Crippen molar-refractivity contribution in [2.45, 2.75) is 0 Å². The molecule has 0 aliphatic heterocycles. The van der Waals surface area contributed by atoms with Crippen LogP contribution in [0.2, 0.25) is 0 Å². The molecular weight excluding hydrogens is 130 g/mol. The lowest BCUT2D eigenvalue weighted by Crippen LogP contribution is -1.87. The SMILES string of the molecule is Nc1cc2ocnc2cn1. The summed E-state index contributed by atoms with van der Waals surface area (Å²) in [5.41, 5.74) is 6.79. The number of oxazole rings is 1. The van der Waals surface area contributed by atoms with Crippen molar-refractivity contribution in [3.8, 4) is 0 Å². The second-order valence-electron chi connectivity index (χ2n) is 1.93. The third-order valence-electron chi connectivity index (χ3n) is 1.24. The van der Waals surface area contributed by atoms with Gasteiger partial charge in [0.2, 0.25) is 0 Å². The van der Waals surface area contributed by atoms with Crippen molar-refractivity contribution in [2.24, 2.45) is 0 Å². The van der Waals surface area contributed by atoms with E-state index in [9.17, 15) is 0 Å². The van der Waals surface area contributed by atoms with Gasteiger partial charge in [0.05, 0.1) is 6.20 Å². The van der Waals surface area contributed by atoms with Crippen LogP contribution in [0.15, 0.2) is 23.1 Å². The van der Waals surface area contributed by atoms with E-state index in [2.05, 4.69) is 9.97 Å². The molecule has 0 radical (unpaired) electrons. The highest BCUT2D eigenvalue weighted by Crippen LogP contribution is 2.11. The Bertz CT molecular complexity index is 355. The molecular formula is C6H5N3O. The summed E-state index contributed by atoms with van der Waals surface area (Å²) in [4.78, 5) is 7.71. The number of anilines is 1. The fourth-order valence-corrected chi connectivity index (χ4v) is 0.776. The van der Waals surface area contributed by atoms with Crippen LogP contribution in [0.5, 0.6) is 0 Å². The third kappa shape index (κ3) is 0.621. The Morgan fingerprint density at radius 3 is 3.20 bits per heavy atom. The Kier molecular flexibility index (Phi) is 0.887. The van der Waals surface area contributed by atoms with E-state index in [-0.39, 0.29) is 0 Å². The van der Waals surface area contributed by atoms with Crippen LogP contribution >= 0.6 is 0 Å². The number of hydrogen-bond acceptors (Lipinski definition) is 4. The lowest BCUT2D eigenvalue weighted by Gasteiger charge is -1.87. The van der Waals surface area contributed by atoms with Gasteiger partial charge in [-0.2, -0.15) is 0 Å². The number of nitrogens with two attached hydrogens (primary N) is 1. The number of aromatic nitrogens is 2. The number of pyridine rings is 1. The Morgan fingerprint density at radius 2 is 2.30 bits per heavy atom. The molecule has 0 amide bonds. The van der Waals surface area contributed by atoms with Gasteiger partial charge in [0.1, 0.15) is 11.3 Å². The molecule has 0 saturated heterocycles. The maximum Gasteiger partial charge on any atom is 0.182 e. The molecule has 0 unspecified atom stereocenters. The Morgan fingerprint density at radius 1 is 1.40 bits per heavy atom. The molecule has 2 aromatic rings. The molecule has 0 spiro atoms. The molecule has 0 aromatic carbocycles. The first-order valence-electron chi connectivity index (χ1n) is 2.81. The first kappa shape index (κ1) is 5.22. The van der Waals surface area contributed by atoms with E-state index >= 15 is 0 Å². The van der Waals surface area contributed by atoms with Crippen molar-refractivity contribution in [2.75, 3.05) is 5.73 Å². The Balaban J connectivity index is 2.86. The molecule has 2 aromatic heterocycles. The van der Waals surface area contributed by atoms with Crippen LogP contribution in [0.1, 0.15) is 0 Å². The van der Waals surface area contributed by atoms with Gasteiger partial charge < -0.3 is 10.2 Å². The van der Waals surface area contributed by atoms with Crippen molar-refractivity contribution in [3.63, 3.8) is 0 Å². The number of hydrogen-bond donors (Lipinski definition) is 1. The van der Waals surface area contributed by atoms with E-state index in [1.165, 1.54) is 6.39 Å². The zero-order chi connectivity index (χ0) is 6.97. The van der Waals surface area contributed by atoms with Crippen LogP contribution in [-0.2, 0) is 0 Å². The van der Waals surface area contributed by atoms with Crippen molar-refractivity contribution >= 4 is 16.9 Å². The third-order valence-corrected chi connectivity index (χ3v) is 1.24. The van der Waals surface area contributed by atoms with Crippen molar-refractivity contribution in [1.29, 1.82) is 0 Å². The van der Waals surface area contributed by atoms with Crippen LogP contribution in [0, 0.1) is 0 Å². The van der Waals surface area contributed by atoms with Crippen molar-refractivity contribution < 1.29 is 4.42 Å². The van der Waals surface area contributed by atoms with Gasteiger partial charge in [-0.25, -0.2) is 9.97 Å².